The zero-order chi connectivity index (χ0) is 30.6. The van der Waals surface area contributed by atoms with Gasteiger partial charge in [0.25, 0.3) is 15.6 Å². The van der Waals surface area contributed by atoms with Gasteiger partial charge in [-0.1, -0.05) is 13.8 Å². The molecule has 3 aromatic rings. The Bertz CT molecular complexity index is 1920. The topological polar surface area (TPSA) is 200 Å². The quantitative estimate of drug-likeness (QED) is 0.290. The number of aliphatic carboxylic acids is 1. The standard InChI is InChI=1S/C26H30N6O8S2/c1-15(2)9-13-31-23-17(6-4-11-27-23)21(33)20(24(31)34)22-28-18-8-7-16(14-19(18)41(37,38)30-22)29-42(39,40)32-12-5-10-26(32,3)25(35)36/h4,6-8,11,14-15,29,33H,5,9-10,12-13H2,1-3H3,(H,28,30)(H,35,36)/t26-/m0/s1. The number of benzene rings is 1. The molecule has 4 N–H and O–H groups in total. The van der Waals surface area contributed by atoms with E-state index in [1.807, 2.05) is 13.8 Å². The first-order valence-electron chi connectivity index (χ1n) is 13.2. The lowest BCUT2D eigenvalue weighted by molar-refractivity contribution is -0.146. The van der Waals surface area contributed by atoms with E-state index in [1.165, 1.54) is 29.8 Å². The number of carboxylic acids is 1. The molecule has 224 valence electrons. The summed E-state index contributed by atoms with van der Waals surface area (Å²) < 4.78 is 61.0. The molecule has 1 fully saturated rings. The van der Waals surface area contributed by atoms with Crippen molar-refractivity contribution in [1.29, 1.82) is 0 Å². The Morgan fingerprint density at radius 3 is 2.69 bits per heavy atom. The van der Waals surface area contributed by atoms with E-state index >= 15 is 0 Å². The van der Waals surface area contributed by atoms with Crippen LogP contribution in [0.5, 0.6) is 5.75 Å². The van der Waals surface area contributed by atoms with Gasteiger partial charge in [-0.25, -0.2) is 4.98 Å². The number of aromatic hydroxyl groups is 1. The number of carboxylic acid groups (broad SMARTS) is 1. The normalized spacial score (nSPS) is 20.2. The molecule has 1 saturated heterocycles. The van der Waals surface area contributed by atoms with Crippen LogP contribution in [0.4, 0.5) is 11.4 Å². The number of hydrogen-bond donors (Lipinski definition) is 4. The summed E-state index contributed by atoms with van der Waals surface area (Å²) in [5.41, 5.74) is -2.56. The Morgan fingerprint density at radius 2 is 2.00 bits per heavy atom. The monoisotopic (exact) mass is 618 g/mol. The third-order valence-corrected chi connectivity index (χ3v) is 10.4. The molecule has 0 amide bonds. The first-order valence-corrected chi connectivity index (χ1v) is 16.0. The number of sulfonamides is 1. The van der Waals surface area contributed by atoms with Crippen molar-refractivity contribution in [2.45, 2.75) is 57.0 Å². The lowest BCUT2D eigenvalue weighted by atomic mass is 10.0. The van der Waals surface area contributed by atoms with Gasteiger partial charge >= 0.3 is 16.2 Å². The first-order chi connectivity index (χ1) is 19.7. The van der Waals surface area contributed by atoms with Gasteiger partial charge in [0.15, 0.2) is 5.84 Å². The molecule has 2 aromatic heterocycles. The van der Waals surface area contributed by atoms with Crippen molar-refractivity contribution < 1.29 is 31.8 Å². The molecule has 2 aliphatic heterocycles. The molecule has 14 nitrogen and oxygen atoms in total. The van der Waals surface area contributed by atoms with Crippen molar-refractivity contribution in [3.05, 3.63) is 52.4 Å². The van der Waals surface area contributed by atoms with E-state index in [1.54, 1.807) is 12.1 Å². The molecular formula is C26H30N6O8S2. The van der Waals surface area contributed by atoms with Crippen molar-refractivity contribution in [3.8, 4) is 5.75 Å². The number of pyridine rings is 2. The van der Waals surface area contributed by atoms with E-state index in [-0.39, 0.29) is 58.3 Å². The van der Waals surface area contributed by atoms with Crippen molar-refractivity contribution in [2.24, 2.45) is 10.3 Å². The number of fused-ring (bicyclic) bond motifs is 2. The second-order valence-corrected chi connectivity index (χ2v) is 14.0. The maximum Gasteiger partial charge on any atom is 0.324 e. The number of amidine groups is 1. The molecule has 0 spiro atoms. The van der Waals surface area contributed by atoms with Gasteiger partial charge in [-0.15, -0.1) is 4.40 Å². The summed E-state index contributed by atoms with van der Waals surface area (Å²) in [6.45, 7) is 5.55. The molecule has 0 bridgehead atoms. The van der Waals surface area contributed by atoms with E-state index in [0.717, 1.165) is 10.4 Å². The van der Waals surface area contributed by atoms with Gasteiger partial charge in [0.1, 0.15) is 27.4 Å². The van der Waals surface area contributed by atoms with Crippen molar-refractivity contribution in [2.75, 3.05) is 16.6 Å². The Kier molecular flexibility index (Phi) is 7.27. The van der Waals surface area contributed by atoms with E-state index in [4.69, 9.17) is 0 Å². The smallest absolute Gasteiger partial charge is 0.324 e. The Morgan fingerprint density at radius 1 is 1.26 bits per heavy atom. The number of aryl methyl sites for hydroxylation is 1. The largest absolute Gasteiger partial charge is 0.506 e. The minimum Gasteiger partial charge on any atom is -0.506 e. The molecule has 5 rings (SSSR count). The third kappa shape index (κ3) is 4.98. The average molecular weight is 619 g/mol. The number of nitrogens with one attached hydrogen (secondary N) is 2. The fraction of sp³-hybridized carbons (Fsp3) is 0.385. The second-order valence-electron chi connectivity index (χ2n) is 10.9. The van der Waals surface area contributed by atoms with Gasteiger partial charge in [0.05, 0.1) is 16.8 Å². The first kappa shape index (κ1) is 29.5. The molecule has 2 aliphatic rings. The Balaban J connectivity index is 1.54. The number of rotatable bonds is 8. The highest BCUT2D eigenvalue weighted by Crippen LogP contribution is 2.36. The zero-order valence-electron chi connectivity index (χ0n) is 23.0. The number of anilines is 2. The highest BCUT2D eigenvalue weighted by molar-refractivity contribution is 7.91. The summed E-state index contributed by atoms with van der Waals surface area (Å²) in [5.74, 6) is -1.91. The average Bonchev–Trinajstić information content (AvgIpc) is 3.32. The molecule has 0 unspecified atom stereocenters. The Hall–Kier alpha value is -4.02. The summed E-state index contributed by atoms with van der Waals surface area (Å²) in [4.78, 5) is 29.3. The van der Waals surface area contributed by atoms with Crippen molar-refractivity contribution in [3.63, 3.8) is 0 Å². The molecule has 0 radical (unpaired) electrons. The second kappa shape index (κ2) is 10.4. The molecule has 0 aliphatic carbocycles. The van der Waals surface area contributed by atoms with Crippen LogP contribution >= 0.6 is 0 Å². The molecule has 0 saturated carbocycles. The van der Waals surface area contributed by atoms with Gasteiger partial charge in [-0.2, -0.15) is 21.1 Å². The lowest BCUT2D eigenvalue weighted by Gasteiger charge is -2.30. The van der Waals surface area contributed by atoms with Crippen LogP contribution in [0, 0.1) is 5.92 Å². The van der Waals surface area contributed by atoms with Crippen LogP contribution in [0.25, 0.3) is 11.0 Å². The summed E-state index contributed by atoms with van der Waals surface area (Å²) in [7, 11) is -8.85. The van der Waals surface area contributed by atoms with Gasteiger partial charge in [-0.05, 0) is 62.4 Å². The molecule has 42 heavy (non-hydrogen) atoms. The minimum atomic E-state index is -4.49. The van der Waals surface area contributed by atoms with Crippen LogP contribution in [0.2, 0.25) is 0 Å². The van der Waals surface area contributed by atoms with Gasteiger partial charge in [0.2, 0.25) is 0 Å². The Labute approximate surface area is 242 Å². The number of carbonyl (C=O) groups is 1. The molecule has 16 heteroatoms. The summed E-state index contributed by atoms with van der Waals surface area (Å²) >= 11 is 0. The molecule has 1 aromatic carbocycles. The lowest BCUT2D eigenvalue weighted by Crippen LogP contribution is -2.52. The predicted molar refractivity (Wildman–Crippen MR) is 155 cm³/mol. The van der Waals surface area contributed by atoms with E-state index < -0.39 is 48.9 Å². The van der Waals surface area contributed by atoms with Crippen molar-refractivity contribution >= 4 is 54.4 Å². The molecule has 1 atom stereocenters. The number of aromatic nitrogens is 2. The van der Waals surface area contributed by atoms with E-state index in [9.17, 15) is 36.6 Å². The fourth-order valence-electron chi connectivity index (χ4n) is 5.14. The molecule has 4 heterocycles. The maximum atomic E-state index is 13.6. The van der Waals surface area contributed by atoms with Crippen LogP contribution in [-0.2, 0) is 31.6 Å². The van der Waals surface area contributed by atoms with E-state index in [0.29, 0.717) is 12.8 Å². The maximum absolute atomic E-state index is 13.6. The van der Waals surface area contributed by atoms with E-state index in [2.05, 4.69) is 19.4 Å². The molecular weight excluding hydrogens is 588 g/mol. The van der Waals surface area contributed by atoms with Crippen molar-refractivity contribution in [1.82, 2.24) is 13.9 Å². The summed E-state index contributed by atoms with van der Waals surface area (Å²) in [6, 6.07) is 6.77. The highest BCUT2D eigenvalue weighted by Gasteiger charge is 2.49. The van der Waals surface area contributed by atoms with Crippen LogP contribution < -0.4 is 15.6 Å². The van der Waals surface area contributed by atoms with Crippen LogP contribution in [-0.4, -0.2) is 64.8 Å². The van der Waals surface area contributed by atoms with Crippen LogP contribution in [0.15, 0.2) is 50.6 Å². The zero-order valence-corrected chi connectivity index (χ0v) is 24.7. The van der Waals surface area contributed by atoms with Gasteiger partial charge < -0.3 is 15.5 Å². The fourth-order valence-corrected chi connectivity index (χ4v) is 7.90. The summed E-state index contributed by atoms with van der Waals surface area (Å²) in [5, 5.41) is 23.7. The highest BCUT2D eigenvalue weighted by atomic mass is 32.2. The number of hydrogen-bond acceptors (Lipinski definition) is 9. The number of nitrogens with zero attached hydrogens (tertiary/aromatic N) is 4. The van der Waals surface area contributed by atoms with Gasteiger partial charge in [-0.3, -0.25) is 18.9 Å². The van der Waals surface area contributed by atoms with Gasteiger partial charge in [0, 0.05) is 19.3 Å². The minimum absolute atomic E-state index is 0.00157. The SMILES string of the molecule is CC(C)CCn1c(=O)c(C2=NS(=O)(=O)c3cc(NS(=O)(=O)N4CCC[C@@]4(C)C(=O)O)ccc3N2)c(O)c2cccnc21. The summed E-state index contributed by atoms with van der Waals surface area (Å²) in [6.07, 6.45) is 2.58. The predicted octanol–water partition coefficient (Wildman–Crippen LogP) is 2.31. The third-order valence-electron chi connectivity index (χ3n) is 7.46. The van der Waals surface area contributed by atoms with Crippen LogP contribution in [0.3, 0.4) is 0 Å². The van der Waals surface area contributed by atoms with Crippen LogP contribution in [0.1, 0.15) is 45.6 Å².